The van der Waals surface area contributed by atoms with Crippen LogP contribution in [0.2, 0.25) is 0 Å². The van der Waals surface area contributed by atoms with Crippen molar-refractivity contribution in [3.63, 3.8) is 0 Å². The molecule has 0 bridgehead atoms. The standard InChI is InChI=1S/C22H23F3N4O2.C18H18BrF3N2O2.C10H17BN2O2.2CH4.H/c1-4-29(15(2)14-31-20-10-9-16(13-26-20)22(23,24)25)21(30)18-8-6-5-7-17(18)19-11-12-28(3)27-19;1-3-24(17(25)14-6-4-5-7-15(14)19)12(2)11-26-16-9-8-13(10-23-16)18(20,21)22;1-9(2)10(3,4)15-11(14-9)8-6-7-13(5)12-8;;;/h5-13,15H,4,14H2,1-3H3;4-10,12H,3,11H2,1-2H3;6-7H,1-5H3;2*1H4;/q;;;;;-1/t15-;12-;;;;/m00..../s1/i;;;;;1+1. The van der Waals surface area contributed by atoms with Gasteiger partial charge in [-0.05, 0) is 114 Å². The average Bonchev–Trinajstić information content (AvgIpc) is 4.03. The van der Waals surface area contributed by atoms with E-state index in [9.17, 15) is 35.9 Å². The normalized spacial score (nSPS) is 14.4. The van der Waals surface area contributed by atoms with Gasteiger partial charge in [0.05, 0.1) is 51.3 Å². The Balaban J connectivity index is 0.000000397. The van der Waals surface area contributed by atoms with E-state index in [4.69, 9.17) is 18.8 Å². The van der Waals surface area contributed by atoms with Crippen molar-refractivity contribution in [2.45, 2.75) is 106 Å². The van der Waals surface area contributed by atoms with E-state index in [1.165, 1.54) is 12.1 Å². The molecule has 2 aromatic carbocycles. The zero-order valence-corrected chi connectivity index (χ0v) is 43.2. The molecule has 1 aliphatic rings. The van der Waals surface area contributed by atoms with Gasteiger partial charge in [0.15, 0.2) is 0 Å². The van der Waals surface area contributed by atoms with E-state index in [1.807, 2.05) is 105 Å². The molecule has 14 nitrogen and oxygen atoms in total. The van der Waals surface area contributed by atoms with Crippen LogP contribution in [0.5, 0.6) is 11.8 Å². The summed E-state index contributed by atoms with van der Waals surface area (Å²) < 4.78 is 102. The number of pyridine rings is 2. The van der Waals surface area contributed by atoms with Crippen molar-refractivity contribution in [1.82, 2.24) is 39.3 Å². The lowest BCUT2D eigenvalue weighted by atomic mass is 9.85. The molecule has 1 aliphatic heterocycles. The Kier molecular flexibility index (Phi) is 22.0. The molecule has 0 radical (unpaired) electrons. The molecule has 0 aliphatic carbocycles. The highest BCUT2D eigenvalue weighted by Gasteiger charge is 2.52. The molecule has 22 heteroatoms. The van der Waals surface area contributed by atoms with Gasteiger partial charge in [-0.3, -0.25) is 19.0 Å². The summed E-state index contributed by atoms with van der Waals surface area (Å²) >= 11 is 3.36. The van der Waals surface area contributed by atoms with Gasteiger partial charge < -0.3 is 30.0 Å². The second-order valence-electron chi connectivity index (χ2n) is 17.7. The third-order valence-electron chi connectivity index (χ3n) is 11.8. The molecular weight excluding hydrogens is 1040 g/mol. The highest BCUT2D eigenvalue weighted by Crippen LogP contribution is 2.36. The van der Waals surface area contributed by atoms with Crippen LogP contribution >= 0.6 is 15.9 Å². The van der Waals surface area contributed by atoms with E-state index < -0.39 is 23.5 Å². The molecule has 404 valence electrons. The van der Waals surface area contributed by atoms with Crippen LogP contribution in [0.15, 0.2) is 114 Å². The number of alkyl halides is 6. The van der Waals surface area contributed by atoms with Crippen molar-refractivity contribution in [3.05, 3.63) is 136 Å². The molecule has 1 saturated heterocycles. The van der Waals surface area contributed by atoms with Gasteiger partial charge in [-0.1, -0.05) is 45.2 Å². The second-order valence-corrected chi connectivity index (χ2v) is 18.5. The number of likely N-dealkylation sites (N-methyl/N-ethyl adjacent to an activating group) is 2. The van der Waals surface area contributed by atoms with Crippen LogP contribution in [0, 0.1) is 0 Å². The zero-order chi connectivity index (χ0) is 53.2. The first-order valence-electron chi connectivity index (χ1n) is 22.9. The largest absolute Gasteiger partial charge is 1.00 e. The summed E-state index contributed by atoms with van der Waals surface area (Å²) in [5.74, 6) is -0.192. The molecule has 0 N–H and O–H groups in total. The van der Waals surface area contributed by atoms with Crippen LogP contribution in [0.4, 0.5) is 26.3 Å². The highest BCUT2D eigenvalue weighted by molar-refractivity contribution is 9.10. The van der Waals surface area contributed by atoms with Crippen molar-refractivity contribution < 1.29 is 56.1 Å². The molecule has 0 saturated carbocycles. The molecule has 4 aromatic heterocycles. The number of carbonyl (C=O) groups excluding carboxylic acids is 2. The summed E-state index contributed by atoms with van der Waals surface area (Å²) in [7, 11) is 3.34. The van der Waals surface area contributed by atoms with E-state index >= 15 is 0 Å². The molecule has 2 atom stereocenters. The van der Waals surface area contributed by atoms with Gasteiger partial charge in [-0.25, -0.2) is 9.97 Å². The number of amides is 2. The number of hydrogen-bond donors (Lipinski definition) is 0. The molecule has 5 heterocycles. The number of benzene rings is 2. The van der Waals surface area contributed by atoms with Gasteiger partial charge >= 0.3 is 19.5 Å². The summed E-state index contributed by atoms with van der Waals surface area (Å²) in [6, 6.07) is 21.6. The fraction of sp³-hybridized carbons (Fsp3) is 0.423. The Morgan fingerprint density at radius 2 is 1.11 bits per heavy atom. The Hall–Kier alpha value is -6.26. The molecule has 7 rings (SSSR count). The lowest BCUT2D eigenvalue weighted by molar-refractivity contribution is -0.138. The maximum Gasteiger partial charge on any atom is 0.516 e. The summed E-state index contributed by atoms with van der Waals surface area (Å²) in [6.07, 6.45) is -3.74. The van der Waals surface area contributed by atoms with Crippen LogP contribution < -0.4 is 15.1 Å². The summed E-state index contributed by atoms with van der Waals surface area (Å²) in [6.45, 7) is 16.6. The maximum atomic E-state index is 13.3. The van der Waals surface area contributed by atoms with Crippen molar-refractivity contribution in [1.29, 1.82) is 0 Å². The third kappa shape index (κ3) is 16.1. The number of ether oxygens (including phenoxy) is 2. The van der Waals surface area contributed by atoms with E-state index in [-0.39, 0.29) is 83.5 Å². The number of carbonyl (C=O) groups is 2. The number of rotatable bonds is 14. The van der Waals surface area contributed by atoms with Crippen LogP contribution in [-0.4, -0.2) is 108 Å². The predicted octanol–water partition coefficient (Wildman–Crippen LogP) is 11.3. The molecule has 6 aromatic rings. The van der Waals surface area contributed by atoms with Gasteiger partial charge in [0.1, 0.15) is 13.2 Å². The van der Waals surface area contributed by atoms with Gasteiger partial charge in [0.25, 0.3) is 11.8 Å². The number of halogens is 7. The molecule has 0 unspecified atom stereocenters. The summed E-state index contributed by atoms with van der Waals surface area (Å²) in [5.41, 5.74) is 1.03. The average molecular weight is 1110 g/mol. The number of aryl methyl sites for hydroxylation is 2. The number of nitrogens with zero attached hydrogens (tertiary/aromatic N) is 8. The maximum absolute atomic E-state index is 13.3. The van der Waals surface area contributed by atoms with Crippen LogP contribution in [0.1, 0.15) is 104 Å². The van der Waals surface area contributed by atoms with Crippen LogP contribution in [-0.2, 0) is 35.8 Å². The SMILES string of the molecule is C.C.CCN(C(=O)c1ccccc1-c1ccn(C)n1)[C@@H](C)COc1ccc(C(F)(F)F)cn1.CCN(C(=O)c1ccccc1Br)[C@@H](C)COc1ccc(C(F)(F)F)cn1.Cn1ccc(B2OC(C)(C)C(C)(C)O2)n1.[2H-]. The van der Waals surface area contributed by atoms with Gasteiger partial charge in [-0.15, -0.1) is 0 Å². The number of hydrogen-bond acceptors (Lipinski definition) is 10. The lowest BCUT2D eigenvalue weighted by Gasteiger charge is -2.32. The lowest BCUT2D eigenvalue weighted by Crippen LogP contribution is -2.42. The van der Waals surface area contributed by atoms with Crippen molar-refractivity contribution in [2.75, 3.05) is 26.3 Å². The Morgan fingerprint density at radius 1 is 0.676 bits per heavy atom. The molecule has 0 spiro atoms. The Bertz CT molecular complexity index is 2710. The molecule has 2 amide bonds. The van der Waals surface area contributed by atoms with E-state index in [0.717, 1.165) is 35.7 Å². The van der Waals surface area contributed by atoms with Crippen molar-refractivity contribution in [2.24, 2.45) is 14.1 Å². The third-order valence-corrected chi connectivity index (χ3v) is 12.5. The summed E-state index contributed by atoms with van der Waals surface area (Å²) in [4.78, 5) is 36.6. The van der Waals surface area contributed by atoms with Crippen LogP contribution in [0.25, 0.3) is 11.3 Å². The van der Waals surface area contributed by atoms with Gasteiger partial charge in [-0.2, -0.15) is 36.5 Å². The van der Waals surface area contributed by atoms with E-state index in [2.05, 4.69) is 36.1 Å². The second kappa shape index (κ2) is 26.3. The van der Waals surface area contributed by atoms with Gasteiger partial charge in [0, 0.05) is 79.7 Å². The molecular formula is C52H67BBrF6N8O6-. The first kappa shape index (κ1) is 62.0. The first-order valence-corrected chi connectivity index (χ1v) is 23.7. The van der Waals surface area contributed by atoms with Crippen LogP contribution in [0.3, 0.4) is 0 Å². The molecule has 1 fully saturated rings. The predicted molar refractivity (Wildman–Crippen MR) is 278 cm³/mol. The minimum Gasteiger partial charge on any atom is -1.00 e. The summed E-state index contributed by atoms with van der Waals surface area (Å²) in [5, 5.41) is 8.68. The van der Waals surface area contributed by atoms with Crippen molar-refractivity contribution in [3.8, 4) is 23.0 Å². The number of aromatic nitrogens is 6. The fourth-order valence-electron chi connectivity index (χ4n) is 7.09. The Labute approximate surface area is 440 Å². The van der Waals surface area contributed by atoms with E-state index in [0.29, 0.717) is 34.4 Å². The smallest absolute Gasteiger partial charge is 0.516 e. The van der Waals surface area contributed by atoms with Crippen molar-refractivity contribution >= 4 is 40.5 Å². The van der Waals surface area contributed by atoms with E-state index in [1.54, 1.807) is 56.5 Å². The monoisotopic (exact) mass is 1100 g/mol. The zero-order valence-electron chi connectivity index (χ0n) is 42.6. The first-order chi connectivity index (χ1) is 33.8. The molecule has 74 heavy (non-hydrogen) atoms. The Morgan fingerprint density at radius 3 is 1.50 bits per heavy atom. The quantitative estimate of drug-likeness (QED) is 0.0765. The minimum atomic E-state index is -4.45. The fourth-order valence-corrected chi connectivity index (χ4v) is 7.54. The topological polar surface area (TPSA) is 139 Å². The highest BCUT2D eigenvalue weighted by atomic mass is 79.9. The van der Waals surface area contributed by atoms with Gasteiger partial charge in [0.2, 0.25) is 11.8 Å². The minimum absolute atomic E-state index is 0.